The van der Waals surface area contributed by atoms with Crippen LogP contribution in [0.1, 0.15) is 39.3 Å². The fourth-order valence-electron chi connectivity index (χ4n) is 3.00. The predicted molar refractivity (Wildman–Crippen MR) is 89.4 cm³/mol. The molecule has 0 saturated heterocycles. The molecule has 2 aromatic heterocycles. The standard InChI is InChI=1S/C17H23N3OS/c1-12-4-5-15-14(10-12)11-16(22-15)17(21)19(3)8-9-20-7-6-18-13(20)2/h6-7,11-12H,4-5,8-10H2,1-3H3/t12-/m0/s1. The SMILES string of the molecule is Cc1nccn1CCN(C)C(=O)c1cc2c(s1)CC[C@H](C)C2. The molecule has 5 heteroatoms. The van der Waals surface area contributed by atoms with Crippen LogP contribution in [0.25, 0.3) is 0 Å². The van der Waals surface area contributed by atoms with Crippen molar-refractivity contribution in [3.63, 3.8) is 0 Å². The van der Waals surface area contributed by atoms with E-state index in [4.69, 9.17) is 0 Å². The number of hydrogen-bond acceptors (Lipinski definition) is 3. The summed E-state index contributed by atoms with van der Waals surface area (Å²) >= 11 is 1.69. The fraction of sp³-hybridized carbons (Fsp3) is 0.529. The number of likely N-dealkylation sites (N-methyl/N-ethyl adjacent to an activating group) is 1. The Labute approximate surface area is 135 Å². The molecule has 118 valence electrons. The summed E-state index contributed by atoms with van der Waals surface area (Å²) in [4.78, 5) is 20.9. The zero-order chi connectivity index (χ0) is 15.7. The quantitative estimate of drug-likeness (QED) is 0.869. The second-order valence-electron chi connectivity index (χ2n) is 6.30. The van der Waals surface area contributed by atoms with Crippen LogP contribution in [0.4, 0.5) is 0 Å². The summed E-state index contributed by atoms with van der Waals surface area (Å²) < 4.78 is 2.07. The highest BCUT2D eigenvalue weighted by Gasteiger charge is 2.22. The van der Waals surface area contributed by atoms with Gasteiger partial charge in [-0.25, -0.2) is 4.98 Å². The molecule has 2 heterocycles. The van der Waals surface area contributed by atoms with Gasteiger partial charge in [0.05, 0.1) is 4.88 Å². The third kappa shape index (κ3) is 3.09. The number of nitrogens with zero attached hydrogens (tertiary/aromatic N) is 3. The maximum absolute atomic E-state index is 12.6. The van der Waals surface area contributed by atoms with E-state index in [1.807, 2.05) is 25.1 Å². The number of aryl methyl sites for hydroxylation is 2. The molecule has 0 aliphatic heterocycles. The maximum Gasteiger partial charge on any atom is 0.263 e. The van der Waals surface area contributed by atoms with E-state index in [1.54, 1.807) is 17.5 Å². The van der Waals surface area contributed by atoms with E-state index in [1.165, 1.54) is 16.9 Å². The van der Waals surface area contributed by atoms with E-state index in [2.05, 4.69) is 22.5 Å². The lowest BCUT2D eigenvalue weighted by Crippen LogP contribution is -2.29. The summed E-state index contributed by atoms with van der Waals surface area (Å²) in [6, 6.07) is 2.12. The molecule has 2 aromatic rings. The van der Waals surface area contributed by atoms with Crippen molar-refractivity contribution in [1.82, 2.24) is 14.5 Å². The summed E-state index contributed by atoms with van der Waals surface area (Å²) in [7, 11) is 1.88. The second-order valence-corrected chi connectivity index (χ2v) is 7.44. The highest BCUT2D eigenvalue weighted by Crippen LogP contribution is 2.32. The number of carbonyl (C=O) groups excluding carboxylic acids is 1. The van der Waals surface area contributed by atoms with Crippen LogP contribution in [0.15, 0.2) is 18.5 Å². The minimum Gasteiger partial charge on any atom is -0.339 e. The van der Waals surface area contributed by atoms with Gasteiger partial charge in [0.15, 0.2) is 0 Å². The molecule has 0 radical (unpaired) electrons. The number of fused-ring (bicyclic) bond motifs is 1. The van der Waals surface area contributed by atoms with Crippen LogP contribution in [-0.2, 0) is 19.4 Å². The molecule has 0 bridgehead atoms. The number of thiophene rings is 1. The zero-order valence-electron chi connectivity index (χ0n) is 13.5. The topological polar surface area (TPSA) is 38.1 Å². The summed E-state index contributed by atoms with van der Waals surface area (Å²) in [5, 5.41) is 0. The van der Waals surface area contributed by atoms with Gasteiger partial charge in [0.2, 0.25) is 0 Å². The van der Waals surface area contributed by atoms with Gasteiger partial charge in [0, 0.05) is 37.4 Å². The summed E-state index contributed by atoms with van der Waals surface area (Å²) in [6.07, 6.45) is 7.25. The van der Waals surface area contributed by atoms with E-state index in [-0.39, 0.29) is 5.91 Å². The van der Waals surface area contributed by atoms with E-state index in [9.17, 15) is 4.79 Å². The minimum absolute atomic E-state index is 0.143. The van der Waals surface area contributed by atoms with E-state index in [0.717, 1.165) is 36.0 Å². The van der Waals surface area contributed by atoms with Gasteiger partial charge in [-0.15, -0.1) is 11.3 Å². The average molecular weight is 317 g/mol. The van der Waals surface area contributed by atoms with Crippen LogP contribution in [0.2, 0.25) is 0 Å². The van der Waals surface area contributed by atoms with Gasteiger partial charge in [-0.1, -0.05) is 6.92 Å². The second kappa shape index (κ2) is 6.24. The van der Waals surface area contributed by atoms with Crippen molar-refractivity contribution < 1.29 is 4.79 Å². The Balaban J connectivity index is 1.64. The first kappa shape index (κ1) is 15.3. The molecule has 3 rings (SSSR count). The zero-order valence-corrected chi connectivity index (χ0v) is 14.3. The Morgan fingerprint density at radius 3 is 3.09 bits per heavy atom. The monoisotopic (exact) mass is 317 g/mol. The van der Waals surface area contributed by atoms with Crippen LogP contribution < -0.4 is 0 Å². The molecule has 22 heavy (non-hydrogen) atoms. The van der Waals surface area contributed by atoms with Crippen LogP contribution in [0.3, 0.4) is 0 Å². The number of hydrogen-bond donors (Lipinski definition) is 0. The van der Waals surface area contributed by atoms with Gasteiger partial charge in [-0.3, -0.25) is 4.79 Å². The van der Waals surface area contributed by atoms with Crippen LogP contribution in [-0.4, -0.2) is 34.0 Å². The Bertz CT molecular complexity index is 673. The third-order valence-corrected chi connectivity index (χ3v) is 5.71. The molecule has 0 spiro atoms. The van der Waals surface area contributed by atoms with Crippen molar-refractivity contribution in [2.24, 2.45) is 5.92 Å². The summed E-state index contributed by atoms with van der Waals surface area (Å²) in [5.41, 5.74) is 1.39. The molecular weight excluding hydrogens is 294 g/mol. The van der Waals surface area contributed by atoms with Gasteiger partial charge in [0.1, 0.15) is 5.82 Å². The lowest BCUT2D eigenvalue weighted by atomic mass is 9.90. The largest absolute Gasteiger partial charge is 0.339 e. The van der Waals surface area contributed by atoms with Crippen molar-refractivity contribution in [3.05, 3.63) is 39.6 Å². The fourth-order valence-corrected chi connectivity index (χ4v) is 4.20. The first-order valence-electron chi connectivity index (χ1n) is 7.89. The first-order valence-corrected chi connectivity index (χ1v) is 8.71. The van der Waals surface area contributed by atoms with Crippen LogP contribution in [0, 0.1) is 12.8 Å². The molecule has 0 fully saturated rings. The highest BCUT2D eigenvalue weighted by molar-refractivity contribution is 7.14. The van der Waals surface area contributed by atoms with Crippen LogP contribution in [0.5, 0.6) is 0 Å². The van der Waals surface area contributed by atoms with Gasteiger partial charge < -0.3 is 9.47 Å². The van der Waals surface area contributed by atoms with Crippen molar-refractivity contribution in [2.75, 3.05) is 13.6 Å². The molecule has 0 saturated carbocycles. The molecule has 1 aliphatic rings. The van der Waals surface area contributed by atoms with Gasteiger partial charge >= 0.3 is 0 Å². The lowest BCUT2D eigenvalue weighted by Gasteiger charge is -2.17. The Kier molecular flexibility index (Phi) is 4.34. The molecule has 1 aliphatic carbocycles. The molecular formula is C17H23N3OS. The lowest BCUT2D eigenvalue weighted by molar-refractivity contribution is 0.0794. The minimum atomic E-state index is 0.143. The van der Waals surface area contributed by atoms with Gasteiger partial charge in [-0.05, 0) is 43.7 Å². The molecule has 4 nitrogen and oxygen atoms in total. The summed E-state index contributed by atoms with van der Waals surface area (Å²) in [5.74, 6) is 1.87. The Hall–Kier alpha value is -1.62. The van der Waals surface area contributed by atoms with Crippen molar-refractivity contribution >= 4 is 17.2 Å². The smallest absolute Gasteiger partial charge is 0.263 e. The molecule has 0 N–H and O–H groups in total. The molecule has 0 aromatic carbocycles. The van der Waals surface area contributed by atoms with Crippen LogP contribution >= 0.6 is 11.3 Å². The van der Waals surface area contributed by atoms with Crippen molar-refractivity contribution in [1.29, 1.82) is 0 Å². The predicted octanol–water partition coefficient (Wildman–Crippen LogP) is 3.15. The van der Waals surface area contributed by atoms with Crippen molar-refractivity contribution in [2.45, 2.75) is 39.7 Å². The van der Waals surface area contributed by atoms with E-state index < -0.39 is 0 Å². The number of imidazole rings is 1. The number of carbonyl (C=O) groups is 1. The van der Waals surface area contributed by atoms with Gasteiger partial charge in [-0.2, -0.15) is 0 Å². The average Bonchev–Trinajstić information content (AvgIpc) is 3.09. The number of rotatable bonds is 4. The van der Waals surface area contributed by atoms with Crippen molar-refractivity contribution in [3.8, 4) is 0 Å². The number of aromatic nitrogens is 2. The highest BCUT2D eigenvalue weighted by atomic mass is 32.1. The van der Waals surface area contributed by atoms with E-state index >= 15 is 0 Å². The number of amides is 1. The van der Waals surface area contributed by atoms with Gasteiger partial charge in [0.25, 0.3) is 5.91 Å². The maximum atomic E-state index is 12.6. The Morgan fingerprint density at radius 1 is 1.55 bits per heavy atom. The normalized spacial score (nSPS) is 17.3. The molecule has 1 amide bonds. The Morgan fingerprint density at radius 2 is 2.36 bits per heavy atom. The summed E-state index contributed by atoms with van der Waals surface area (Å²) in [6.45, 7) is 5.77. The molecule has 0 unspecified atom stereocenters. The third-order valence-electron chi connectivity index (χ3n) is 4.49. The molecule has 1 atom stereocenters. The first-order chi connectivity index (χ1) is 10.5. The van der Waals surface area contributed by atoms with E-state index in [0.29, 0.717) is 6.54 Å².